The molecule has 0 aliphatic heterocycles. The molecule has 1 amide bonds. The van der Waals surface area contributed by atoms with Crippen molar-refractivity contribution in [3.8, 4) is 5.75 Å². The third-order valence-electron chi connectivity index (χ3n) is 3.19. The largest absolute Gasteiger partial charge is 0.491 e. The molecule has 4 nitrogen and oxygen atoms in total. The third kappa shape index (κ3) is 8.18. The quantitative estimate of drug-likeness (QED) is 0.747. The fraction of sp³-hybridized carbons (Fsp3) is 0.588. The van der Waals surface area contributed by atoms with Crippen LogP contribution in [-0.4, -0.2) is 44.1 Å². The van der Waals surface area contributed by atoms with Crippen LogP contribution in [0.15, 0.2) is 18.2 Å². The summed E-state index contributed by atoms with van der Waals surface area (Å²) in [6.45, 7) is 5.27. The summed E-state index contributed by atoms with van der Waals surface area (Å²) < 4.78 is 18.4. The van der Waals surface area contributed by atoms with Gasteiger partial charge in [-0.15, -0.1) is 0 Å². The minimum atomic E-state index is -0.416. The second kappa shape index (κ2) is 9.73. The molecule has 1 unspecified atom stereocenters. The van der Waals surface area contributed by atoms with E-state index in [9.17, 15) is 9.18 Å². The summed E-state index contributed by atoms with van der Waals surface area (Å²) in [4.78, 5) is 14.1. The highest BCUT2D eigenvalue weighted by atomic mass is 35.5. The van der Waals surface area contributed by atoms with Crippen molar-refractivity contribution in [3.63, 3.8) is 0 Å². The lowest BCUT2D eigenvalue weighted by Gasteiger charge is -2.24. The monoisotopic (exact) mass is 344 g/mol. The average molecular weight is 345 g/mol. The fourth-order valence-corrected chi connectivity index (χ4v) is 2.56. The maximum atomic E-state index is 12.9. The van der Waals surface area contributed by atoms with Crippen LogP contribution < -0.4 is 10.1 Å². The summed E-state index contributed by atoms with van der Waals surface area (Å²) in [6, 6.07) is 4.04. The first kappa shape index (κ1) is 19.7. The Morgan fingerprint density at radius 2 is 2.09 bits per heavy atom. The van der Waals surface area contributed by atoms with Crippen LogP contribution in [0.2, 0.25) is 5.02 Å². The number of carbonyl (C=O) groups excluding carboxylic acids is 1. The van der Waals surface area contributed by atoms with Crippen molar-refractivity contribution in [1.82, 2.24) is 10.2 Å². The topological polar surface area (TPSA) is 41.6 Å². The summed E-state index contributed by atoms with van der Waals surface area (Å²) in [5.41, 5.74) is 0. The second-order valence-corrected chi connectivity index (χ2v) is 6.74. The van der Waals surface area contributed by atoms with E-state index in [0.717, 1.165) is 13.0 Å². The summed E-state index contributed by atoms with van der Waals surface area (Å²) in [7, 11) is 3.97. The molecule has 0 aromatic heterocycles. The van der Waals surface area contributed by atoms with E-state index >= 15 is 0 Å². The summed E-state index contributed by atoms with van der Waals surface area (Å²) in [5.74, 6) is 0.415. The van der Waals surface area contributed by atoms with E-state index in [0.29, 0.717) is 11.7 Å². The molecule has 0 spiro atoms. The van der Waals surface area contributed by atoms with E-state index in [4.69, 9.17) is 16.3 Å². The lowest BCUT2D eigenvalue weighted by molar-refractivity contribution is -0.122. The Morgan fingerprint density at radius 3 is 2.65 bits per heavy atom. The predicted molar refractivity (Wildman–Crippen MR) is 91.5 cm³/mol. The number of likely N-dealkylation sites (N-methyl/N-ethyl adjacent to an activating group) is 1. The van der Waals surface area contributed by atoms with E-state index in [-0.39, 0.29) is 30.0 Å². The van der Waals surface area contributed by atoms with Gasteiger partial charge in [0.25, 0.3) is 0 Å². The number of ether oxygens (including phenoxy) is 1. The molecule has 0 radical (unpaired) electrons. The Morgan fingerprint density at radius 1 is 1.39 bits per heavy atom. The van der Waals surface area contributed by atoms with Crippen molar-refractivity contribution in [2.45, 2.75) is 32.7 Å². The molecule has 1 aromatic rings. The molecular weight excluding hydrogens is 319 g/mol. The highest BCUT2D eigenvalue weighted by Gasteiger charge is 2.15. The standard InChI is InChI=1S/C17H26ClFN2O2/c1-12(2)9-14(11-21(3)4)20-17(22)7-8-23-16-6-5-13(19)10-15(16)18/h5-6,10,12,14H,7-9,11H2,1-4H3,(H,20,22). The number of hydrogen-bond acceptors (Lipinski definition) is 3. The minimum Gasteiger partial charge on any atom is -0.491 e. The van der Waals surface area contributed by atoms with Crippen molar-refractivity contribution >= 4 is 17.5 Å². The molecule has 1 rings (SSSR count). The van der Waals surface area contributed by atoms with Gasteiger partial charge in [-0.25, -0.2) is 4.39 Å². The Labute approximate surface area is 142 Å². The molecule has 0 saturated carbocycles. The highest BCUT2D eigenvalue weighted by Crippen LogP contribution is 2.24. The average Bonchev–Trinajstić information content (AvgIpc) is 2.39. The molecule has 130 valence electrons. The molecule has 1 aromatic carbocycles. The summed E-state index contributed by atoms with van der Waals surface area (Å²) in [6.07, 6.45) is 1.16. The molecule has 0 aliphatic carbocycles. The van der Waals surface area contributed by atoms with Gasteiger partial charge in [0.15, 0.2) is 0 Å². The molecule has 23 heavy (non-hydrogen) atoms. The zero-order chi connectivity index (χ0) is 17.4. The van der Waals surface area contributed by atoms with Crippen molar-refractivity contribution in [2.24, 2.45) is 5.92 Å². The zero-order valence-electron chi connectivity index (χ0n) is 14.2. The Bertz CT molecular complexity index is 499. The first-order valence-electron chi connectivity index (χ1n) is 7.80. The van der Waals surface area contributed by atoms with Gasteiger partial charge in [-0.3, -0.25) is 4.79 Å². The van der Waals surface area contributed by atoms with Crippen LogP contribution >= 0.6 is 11.6 Å². The molecule has 1 N–H and O–H groups in total. The predicted octanol–water partition coefficient (Wildman–Crippen LogP) is 3.34. The molecule has 0 fully saturated rings. The van der Waals surface area contributed by atoms with Crippen molar-refractivity contribution in [2.75, 3.05) is 27.2 Å². The van der Waals surface area contributed by atoms with E-state index in [1.54, 1.807) is 0 Å². The SMILES string of the molecule is CC(C)CC(CN(C)C)NC(=O)CCOc1ccc(F)cc1Cl. The van der Waals surface area contributed by atoms with E-state index in [1.165, 1.54) is 18.2 Å². The number of carbonyl (C=O) groups is 1. The smallest absolute Gasteiger partial charge is 0.223 e. The van der Waals surface area contributed by atoms with Gasteiger partial charge >= 0.3 is 0 Å². The Hall–Kier alpha value is -1.33. The van der Waals surface area contributed by atoms with Gasteiger partial charge in [-0.1, -0.05) is 25.4 Å². The van der Waals surface area contributed by atoms with Crippen LogP contribution in [0.3, 0.4) is 0 Å². The number of rotatable bonds is 9. The van der Waals surface area contributed by atoms with Gasteiger partial charge in [0, 0.05) is 12.6 Å². The number of benzene rings is 1. The number of amides is 1. The van der Waals surface area contributed by atoms with Crippen LogP contribution in [0.5, 0.6) is 5.75 Å². The molecule has 0 bridgehead atoms. The van der Waals surface area contributed by atoms with Crippen molar-refractivity contribution < 1.29 is 13.9 Å². The number of nitrogens with zero attached hydrogens (tertiary/aromatic N) is 1. The minimum absolute atomic E-state index is 0.0595. The highest BCUT2D eigenvalue weighted by molar-refractivity contribution is 6.32. The van der Waals surface area contributed by atoms with Crippen molar-refractivity contribution in [1.29, 1.82) is 0 Å². The van der Waals surface area contributed by atoms with Crippen molar-refractivity contribution in [3.05, 3.63) is 29.0 Å². The summed E-state index contributed by atoms with van der Waals surface area (Å²) in [5, 5.41) is 3.24. The Balaban J connectivity index is 2.42. The lowest BCUT2D eigenvalue weighted by atomic mass is 10.0. The maximum Gasteiger partial charge on any atom is 0.223 e. The molecule has 1 atom stereocenters. The Kier molecular flexibility index (Phi) is 8.34. The first-order valence-corrected chi connectivity index (χ1v) is 8.17. The molecule has 6 heteroatoms. The number of hydrogen-bond donors (Lipinski definition) is 1. The van der Waals surface area contributed by atoms with Gasteiger partial charge in [0.1, 0.15) is 11.6 Å². The zero-order valence-corrected chi connectivity index (χ0v) is 15.0. The van der Waals surface area contributed by atoms with E-state index in [2.05, 4.69) is 24.1 Å². The maximum absolute atomic E-state index is 12.9. The molecule has 0 saturated heterocycles. The molecular formula is C17H26ClFN2O2. The first-order chi connectivity index (χ1) is 10.8. The third-order valence-corrected chi connectivity index (χ3v) is 3.48. The number of nitrogens with one attached hydrogen (secondary N) is 1. The van der Waals surface area contributed by atoms with E-state index < -0.39 is 5.82 Å². The normalized spacial score (nSPS) is 12.5. The van der Waals surface area contributed by atoms with Crippen LogP contribution in [0.1, 0.15) is 26.7 Å². The van der Waals surface area contributed by atoms with Gasteiger partial charge in [-0.2, -0.15) is 0 Å². The van der Waals surface area contributed by atoms with Gasteiger partial charge in [0.05, 0.1) is 18.1 Å². The van der Waals surface area contributed by atoms with E-state index in [1.807, 2.05) is 14.1 Å². The van der Waals surface area contributed by atoms with Crippen LogP contribution in [0.4, 0.5) is 4.39 Å². The molecule has 0 heterocycles. The van der Waals surface area contributed by atoms with Crippen LogP contribution in [-0.2, 0) is 4.79 Å². The van der Waals surface area contributed by atoms with Crippen LogP contribution in [0, 0.1) is 11.7 Å². The van der Waals surface area contributed by atoms with Gasteiger partial charge in [0.2, 0.25) is 5.91 Å². The molecule has 0 aliphatic rings. The summed E-state index contributed by atoms with van der Waals surface area (Å²) >= 11 is 5.87. The lowest BCUT2D eigenvalue weighted by Crippen LogP contribution is -2.42. The number of halogens is 2. The van der Waals surface area contributed by atoms with Gasteiger partial charge < -0.3 is 15.0 Å². The fourth-order valence-electron chi connectivity index (χ4n) is 2.33. The second-order valence-electron chi connectivity index (χ2n) is 6.33. The van der Waals surface area contributed by atoms with Gasteiger partial charge in [-0.05, 0) is 44.6 Å². The van der Waals surface area contributed by atoms with Crippen LogP contribution in [0.25, 0.3) is 0 Å².